The molecule has 0 bridgehead atoms. The number of likely N-dealkylation sites (N-methyl/N-ethyl adjacent to an activating group) is 1. The van der Waals surface area contributed by atoms with Crippen LogP contribution >= 0.6 is 0 Å². The van der Waals surface area contributed by atoms with Crippen molar-refractivity contribution in [3.05, 3.63) is 70.5 Å². The van der Waals surface area contributed by atoms with Gasteiger partial charge in [0.1, 0.15) is 11.1 Å². The van der Waals surface area contributed by atoms with Crippen LogP contribution in [0.25, 0.3) is 33.6 Å². The molecular formula is C27H27N5O5. The number of carbonyl (C=O) groups is 2. The first-order valence-electron chi connectivity index (χ1n) is 12.0. The van der Waals surface area contributed by atoms with Crippen LogP contribution in [0.15, 0.2) is 63.8 Å². The first kappa shape index (κ1) is 24.1. The Labute approximate surface area is 212 Å². The van der Waals surface area contributed by atoms with Crippen LogP contribution in [0, 0.1) is 0 Å². The number of aromatic nitrogens is 2. The van der Waals surface area contributed by atoms with E-state index in [2.05, 4.69) is 20.9 Å². The molecule has 2 aromatic heterocycles. The van der Waals surface area contributed by atoms with Crippen LogP contribution in [0.4, 0.5) is 10.7 Å². The van der Waals surface area contributed by atoms with Gasteiger partial charge in [-0.25, -0.2) is 4.79 Å². The summed E-state index contributed by atoms with van der Waals surface area (Å²) < 4.78 is 7.56. The lowest BCUT2D eigenvalue weighted by Gasteiger charge is -2.42. The Kier molecular flexibility index (Phi) is 6.16. The maximum absolute atomic E-state index is 13.5. The first-order valence-corrected chi connectivity index (χ1v) is 12.0. The van der Waals surface area contributed by atoms with E-state index in [1.54, 1.807) is 7.05 Å². The van der Waals surface area contributed by atoms with Gasteiger partial charge in [0.2, 0.25) is 17.6 Å². The van der Waals surface area contributed by atoms with Gasteiger partial charge in [0.15, 0.2) is 0 Å². The summed E-state index contributed by atoms with van der Waals surface area (Å²) >= 11 is 0. The molecule has 4 aromatic rings. The zero-order chi connectivity index (χ0) is 26.2. The molecule has 2 amide bonds. The van der Waals surface area contributed by atoms with Crippen molar-refractivity contribution in [3.63, 3.8) is 0 Å². The number of furan rings is 1. The number of carbonyl (C=O) groups excluding carboxylic acids is 1. The summed E-state index contributed by atoms with van der Waals surface area (Å²) in [6, 6.07) is 17.0. The number of anilines is 1. The third kappa shape index (κ3) is 4.31. The number of hydrogen-bond donors (Lipinski definition) is 4. The van der Waals surface area contributed by atoms with E-state index in [1.165, 1.54) is 11.6 Å². The summed E-state index contributed by atoms with van der Waals surface area (Å²) in [7, 11) is 3.12. The molecule has 2 heterocycles. The summed E-state index contributed by atoms with van der Waals surface area (Å²) in [5.74, 6) is 0.443. The van der Waals surface area contributed by atoms with Crippen LogP contribution in [0.1, 0.15) is 24.8 Å². The Morgan fingerprint density at radius 3 is 2.38 bits per heavy atom. The summed E-state index contributed by atoms with van der Waals surface area (Å²) in [6.07, 6.45) is 1.39. The minimum absolute atomic E-state index is 0.0466. The van der Waals surface area contributed by atoms with Gasteiger partial charge in [-0.2, -0.15) is 4.98 Å². The standard InChI is InChI=1S/C27H27N5O5/c1-28-19(33)15-29-25-30-23-21(24(34)32(25)2)20(16-7-4-3-5-8-16)22(37-23)17-9-11-18(12-10-17)27(13-6-14-27)31-26(35)36/h3-5,7-12,31H,6,13-15H2,1-2H3,(H,28,33)(H,29,30)(H,35,36). The molecule has 10 nitrogen and oxygen atoms in total. The number of nitrogens with one attached hydrogen (secondary N) is 3. The molecule has 2 aromatic carbocycles. The molecule has 1 aliphatic carbocycles. The van der Waals surface area contributed by atoms with Gasteiger partial charge >= 0.3 is 6.09 Å². The zero-order valence-corrected chi connectivity index (χ0v) is 20.5. The predicted octanol–water partition coefficient (Wildman–Crippen LogP) is 3.67. The molecule has 1 saturated carbocycles. The van der Waals surface area contributed by atoms with Crippen LogP contribution in [0.3, 0.4) is 0 Å². The maximum Gasteiger partial charge on any atom is 0.405 e. The Balaban J connectivity index is 1.64. The van der Waals surface area contributed by atoms with E-state index in [9.17, 15) is 19.5 Å². The van der Waals surface area contributed by atoms with Crippen LogP contribution in [-0.4, -0.2) is 40.3 Å². The van der Waals surface area contributed by atoms with Gasteiger partial charge in [-0.15, -0.1) is 0 Å². The highest BCUT2D eigenvalue weighted by Crippen LogP contribution is 2.43. The Hall–Kier alpha value is -4.60. The van der Waals surface area contributed by atoms with Gasteiger partial charge in [-0.05, 0) is 30.4 Å². The molecule has 0 aliphatic heterocycles. The Bertz CT molecular complexity index is 1540. The van der Waals surface area contributed by atoms with E-state index in [4.69, 9.17) is 4.42 Å². The van der Waals surface area contributed by atoms with E-state index in [-0.39, 0.29) is 29.7 Å². The van der Waals surface area contributed by atoms with E-state index in [0.29, 0.717) is 16.7 Å². The number of benzene rings is 2. The highest BCUT2D eigenvalue weighted by atomic mass is 16.4. The monoisotopic (exact) mass is 501 g/mol. The minimum atomic E-state index is -1.05. The zero-order valence-electron chi connectivity index (χ0n) is 20.5. The lowest BCUT2D eigenvalue weighted by atomic mass is 9.72. The average molecular weight is 502 g/mol. The Morgan fingerprint density at radius 1 is 1.08 bits per heavy atom. The number of carboxylic acid groups (broad SMARTS) is 1. The quantitative estimate of drug-likeness (QED) is 0.303. The molecule has 10 heteroatoms. The summed E-state index contributed by atoms with van der Waals surface area (Å²) in [4.78, 5) is 41.1. The molecule has 4 N–H and O–H groups in total. The van der Waals surface area contributed by atoms with Crippen LogP contribution in [0.2, 0.25) is 0 Å². The van der Waals surface area contributed by atoms with E-state index in [1.807, 2.05) is 54.6 Å². The molecule has 0 unspecified atom stereocenters. The van der Waals surface area contributed by atoms with Gasteiger partial charge < -0.3 is 25.5 Å². The van der Waals surface area contributed by atoms with Crippen molar-refractivity contribution in [1.29, 1.82) is 0 Å². The van der Waals surface area contributed by atoms with E-state index >= 15 is 0 Å². The van der Waals surface area contributed by atoms with Crippen molar-refractivity contribution < 1.29 is 19.1 Å². The molecule has 0 saturated heterocycles. The Morgan fingerprint density at radius 2 is 1.78 bits per heavy atom. The van der Waals surface area contributed by atoms with Gasteiger partial charge in [0.25, 0.3) is 5.56 Å². The minimum Gasteiger partial charge on any atom is -0.465 e. The number of fused-ring (bicyclic) bond motifs is 1. The fourth-order valence-electron chi connectivity index (χ4n) is 4.78. The van der Waals surface area contributed by atoms with E-state index < -0.39 is 11.6 Å². The lowest BCUT2D eigenvalue weighted by molar-refractivity contribution is -0.118. The second-order valence-electron chi connectivity index (χ2n) is 9.12. The van der Waals surface area contributed by atoms with Crippen molar-refractivity contribution in [2.75, 3.05) is 18.9 Å². The molecule has 0 atom stereocenters. The lowest BCUT2D eigenvalue weighted by Crippen LogP contribution is -2.50. The van der Waals surface area contributed by atoms with Crippen molar-refractivity contribution in [3.8, 4) is 22.5 Å². The first-order chi connectivity index (χ1) is 17.8. The average Bonchev–Trinajstić information content (AvgIpc) is 3.27. The number of rotatable bonds is 7. The molecule has 5 rings (SSSR count). The fourth-order valence-corrected chi connectivity index (χ4v) is 4.78. The molecule has 0 spiro atoms. The topological polar surface area (TPSA) is 138 Å². The fraction of sp³-hybridized carbons (Fsp3) is 0.259. The van der Waals surface area contributed by atoms with Crippen molar-refractivity contribution in [1.82, 2.24) is 20.2 Å². The predicted molar refractivity (Wildman–Crippen MR) is 139 cm³/mol. The van der Waals surface area contributed by atoms with Crippen LogP contribution in [0.5, 0.6) is 0 Å². The molecule has 1 aliphatic rings. The molecule has 0 radical (unpaired) electrons. The maximum atomic E-state index is 13.5. The van der Waals surface area contributed by atoms with Gasteiger partial charge in [-0.1, -0.05) is 54.6 Å². The van der Waals surface area contributed by atoms with Gasteiger partial charge in [-0.3, -0.25) is 14.2 Å². The van der Waals surface area contributed by atoms with E-state index in [0.717, 1.165) is 36.0 Å². The van der Waals surface area contributed by atoms with Gasteiger partial charge in [0.05, 0.1) is 12.1 Å². The summed E-state index contributed by atoms with van der Waals surface area (Å²) in [5, 5.41) is 17.7. The largest absolute Gasteiger partial charge is 0.465 e. The third-order valence-corrected chi connectivity index (χ3v) is 6.93. The summed E-state index contributed by atoms with van der Waals surface area (Å²) in [6.45, 7) is -0.0466. The second kappa shape index (κ2) is 9.45. The van der Waals surface area contributed by atoms with Crippen molar-refractivity contribution in [2.24, 2.45) is 7.05 Å². The van der Waals surface area contributed by atoms with Crippen LogP contribution in [-0.2, 0) is 17.4 Å². The highest BCUT2D eigenvalue weighted by molar-refractivity contribution is 6.00. The second-order valence-corrected chi connectivity index (χ2v) is 9.12. The molecule has 190 valence electrons. The highest BCUT2D eigenvalue weighted by Gasteiger charge is 2.40. The number of hydrogen-bond acceptors (Lipinski definition) is 6. The molecular weight excluding hydrogens is 474 g/mol. The van der Waals surface area contributed by atoms with Crippen LogP contribution < -0.4 is 21.5 Å². The number of amides is 2. The van der Waals surface area contributed by atoms with Crippen molar-refractivity contribution in [2.45, 2.75) is 24.8 Å². The summed E-state index contributed by atoms with van der Waals surface area (Å²) in [5.41, 5.74) is 2.30. The van der Waals surface area contributed by atoms with Crippen molar-refractivity contribution >= 4 is 29.0 Å². The third-order valence-electron chi connectivity index (χ3n) is 6.93. The molecule has 1 fully saturated rings. The van der Waals surface area contributed by atoms with Gasteiger partial charge in [0, 0.05) is 25.2 Å². The normalized spacial score (nSPS) is 14.1. The SMILES string of the molecule is CNC(=O)CNc1nc2oc(-c3ccc(C4(NC(=O)O)CCC4)cc3)c(-c3ccccc3)c2c(=O)n1C. The number of nitrogens with zero attached hydrogens (tertiary/aromatic N) is 2. The molecule has 37 heavy (non-hydrogen) atoms. The smallest absolute Gasteiger partial charge is 0.405 e.